The van der Waals surface area contributed by atoms with Crippen LogP contribution in [-0.4, -0.2) is 24.3 Å². The van der Waals surface area contributed by atoms with E-state index < -0.39 is 11.8 Å². The third-order valence-electron chi connectivity index (χ3n) is 3.26. The number of hydrogen-bond acceptors (Lipinski definition) is 4. The van der Waals surface area contributed by atoms with Crippen LogP contribution in [0.25, 0.3) is 0 Å². The number of amides is 3. The molecule has 0 fully saturated rings. The quantitative estimate of drug-likeness (QED) is 0.612. The molecule has 2 rings (SSSR count). The molecule has 0 aliphatic carbocycles. The number of carbonyl (C=O) groups is 3. The number of benzene rings is 2. The summed E-state index contributed by atoms with van der Waals surface area (Å²) >= 11 is 11.8. The molecule has 0 bridgehead atoms. The van der Waals surface area contributed by atoms with Crippen molar-refractivity contribution in [2.75, 3.05) is 11.9 Å². The van der Waals surface area contributed by atoms with Gasteiger partial charge in [0, 0.05) is 12.8 Å². The zero-order valence-electron chi connectivity index (χ0n) is 14.1. The van der Waals surface area contributed by atoms with E-state index in [9.17, 15) is 14.4 Å². The molecule has 0 atom stereocenters. The van der Waals surface area contributed by atoms with E-state index in [1.54, 1.807) is 48.5 Å². The molecule has 0 unspecified atom stereocenters. The Kier molecular flexibility index (Phi) is 7.91. The van der Waals surface area contributed by atoms with Crippen molar-refractivity contribution < 1.29 is 19.1 Å². The van der Waals surface area contributed by atoms with E-state index in [1.807, 2.05) is 0 Å². The summed E-state index contributed by atoms with van der Waals surface area (Å²) in [6.07, 6.45) is -0.176. The number of ether oxygens (including phenoxy) is 1. The molecule has 27 heavy (non-hydrogen) atoms. The van der Waals surface area contributed by atoms with Crippen LogP contribution < -0.4 is 20.9 Å². The highest BCUT2D eigenvalue weighted by Gasteiger charge is 2.10. The van der Waals surface area contributed by atoms with Gasteiger partial charge in [0.05, 0.1) is 15.7 Å². The maximum absolute atomic E-state index is 11.8. The molecular weight excluding hydrogens is 393 g/mol. The number of carbonyl (C=O) groups excluding carboxylic acids is 3. The number of hydrazine groups is 1. The summed E-state index contributed by atoms with van der Waals surface area (Å²) in [5.41, 5.74) is 4.87. The molecule has 0 saturated carbocycles. The normalized spacial score (nSPS) is 10.0. The lowest BCUT2D eigenvalue weighted by Crippen LogP contribution is -2.44. The van der Waals surface area contributed by atoms with Crippen LogP contribution in [0.4, 0.5) is 5.69 Å². The Balaban J connectivity index is 1.65. The van der Waals surface area contributed by atoms with Crippen molar-refractivity contribution >= 4 is 46.6 Å². The largest absolute Gasteiger partial charge is 0.482 e. The first kappa shape index (κ1) is 20.5. The summed E-state index contributed by atoms with van der Waals surface area (Å²) in [6.45, 7) is -0.322. The maximum atomic E-state index is 11.8. The fraction of sp³-hybridized carbons (Fsp3) is 0.167. The standard InChI is InChI=1S/C18H17Cl2N3O4/c19-12-5-1-3-7-14(12)21-16(24)9-10-17(25)22-23-18(26)11-27-15-8-4-2-6-13(15)20/h1-8H,9-11H2,(H,21,24)(H,22,25)(H,23,26). The van der Waals surface area contributed by atoms with Crippen molar-refractivity contribution in [3.05, 3.63) is 58.6 Å². The Morgan fingerprint density at radius 1 is 0.778 bits per heavy atom. The summed E-state index contributed by atoms with van der Waals surface area (Å²) in [5.74, 6) is -1.09. The van der Waals surface area contributed by atoms with Crippen molar-refractivity contribution in [3.63, 3.8) is 0 Å². The molecule has 2 aromatic carbocycles. The van der Waals surface area contributed by atoms with Gasteiger partial charge in [-0.25, -0.2) is 0 Å². The second-order valence-corrected chi connectivity index (χ2v) is 6.16. The van der Waals surface area contributed by atoms with Gasteiger partial charge in [0.15, 0.2) is 6.61 Å². The Morgan fingerprint density at radius 3 is 2.07 bits per heavy atom. The molecule has 9 heteroatoms. The third-order valence-corrected chi connectivity index (χ3v) is 3.91. The van der Waals surface area contributed by atoms with E-state index in [-0.39, 0.29) is 25.4 Å². The molecule has 0 spiro atoms. The SMILES string of the molecule is O=C(CCC(=O)Nc1ccccc1Cl)NNC(=O)COc1ccccc1Cl. The summed E-state index contributed by atoms with van der Waals surface area (Å²) in [4.78, 5) is 35.2. The number of nitrogens with one attached hydrogen (secondary N) is 3. The highest BCUT2D eigenvalue weighted by Crippen LogP contribution is 2.22. The van der Waals surface area contributed by atoms with Crippen LogP contribution in [0.2, 0.25) is 10.0 Å². The maximum Gasteiger partial charge on any atom is 0.276 e. The number of anilines is 1. The molecule has 3 N–H and O–H groups in total. The fourth-order valence-electron chi connectivity index (χ4n) is 1.95. The molecule has 0 heterocycles. The molecule has 142 valence electrons. The van der Waals surface area contributed by atoms with Gasteiger partial charge in [0.1, 0.15) is 5.75 Å². The number of rotatable bonds is 7. The molecule has 0 radical (unpaired) electrons. The van der Waals surface area contributed by atoms with Crippen LogP contribution in [0.3, 0.4) is 0 Å². The summed E-state index contributed by atoms with van der Waals surface area (Å²) in [7, 11) is 0. The predicted octanol–water partition coefficient (Wildman–Crippen LogP) is 2.94. The second kappa shape index (κ2) is 10.4. The van der Waals surface area contributed by atoms with Gasteiger partial charge in [-0.3, -0.25) is 25.2 Å². The first-order valence-electron chi connectivity index (χ1n) is 7.95. The topological polar surface area (TPSA) is 96.5 Å². The van der Waals surface area contributed by atoms with E-state index in [0.29, 0.717) is 21.5 Å². The lowest BCUT2D eigenvalue weighted by atomic mass is 10.2. The van der Waals surface area contributed by atoms with Crippen LogP contribution in [0, 0.1) is 0 Å². The van der Waals surface area contributed by atoms with Crippen LogP contribution in [0.1, 0.15) is 12.8 Å². The minimum Gasteiger partial charge on any atom is -0.482 e. The molecular formula is C18H17Cl2N3O4. The zero-order chi connectivity index (χ0) is 19.6. The molecule has 0 saturated heterocycles. The van der Waals surface area contributed by atoms with Crippen molar-refractivity contribution in [2.45, 2.75) is 12.8 Å². The van der Waals surface area contributed by atoms with Gasteiger partial charge in [-0.15, -0.1) is 0 Å². The van der Waals surface area contributed by atoms with Crippen molar-refractivity contribution in [3.8, 4) is 5.75 Å². The molecule has 3 amide bonds. The number of hydrogen-bond donors (Lipinski definition) is 3. The smallest absolute Gasteiger partial charge is 0.276 e. The lowest BCUT2D eigenvalue weighted by Gasteiger charge is -2.10. The van der Waals surface area contributed by atoms with Crippen LogP contribution in [0.5, 0.6) is 5.75 Å². The van der Waals surface area contributed by atoms with Gasteiger partial charge in [-0.2, -0.15) is 0 Å². The molecule has 7 nitrogen and oxygen atoms in total. The first-order chi connectivity index (χ1) is 13.0. The Labute approximate surface area is 166 Å². The van der Waals surface area contributed by atoms with Crippen LogP contribution in [-0.2, 0) is 14.4 Å². The highest BCUT2D eigenvalue weighted by atomic mass is 35.5. The zero-order valence-corrected chi connectivity index (χ0v) is 15.6. The van der Waals surface area contributed by atoms with Crippen molar-refractivity contribution in [1.29, 1.82) is 0 Å². The van der Waals surface area contributed by atoms with Crippen LogP contribution in [0.15, 0.2) is 48.5 Å². The number of halogens is 2. The van der Waals surface area contributed by atoms with E-state index in [2.05, 4.69) is 16.2 Å². The van der Waals surface area contributed by atoms with Crippen molar-refractivity contribution in [2.24, 2.45) is 0 Å². The average molecular weight is 410 g/mol. The van der Waals surface area contributed by atoms with Gasteiger partial charge < -0.3 is 10.1 Å². The van der Waals surface area contributed by atoms with Gasteiger partial charge >= 0.3 is 0 Å². The van der Waals surface area contributed by atoms with E-state index >= 15 is 0 Å². The van der Waals surface area contributed by atoms with Gasteiger partial charge in [0.25, 0.3) is 5.91 Å². The van der Waals surface area contributed by atoms with Gasteiger partial charge in [0.2, 0.25) is 11.8 Å². The minimum atomic E-state index is -0.566. The highest BCUT2D eigenvalue weighted by molar-refractivity contribution is 6.33. The first-order valence-corrected chi connectivity index (χ1v) is 8.70. The fourth-order valence-corrected chi connectivity index (χ4v) is 2.32. The molecule has 0 aliphatic rings. The Hall–Kier alpha value is -2.77. The summed E-state index contributed by atoms with van der Waals surface area (Å²) in [6, 6.07) is 13.5. The van der Waals surface area contributed by atoms with E-state index in [4.69, 9.17) is 27.9 Å². The summed E-state index contributed by atoms with van der Waals surface area (Å²) < 4.78 is 5.23. The lowest BCUT2D eigenvalue weighted by molar-refractivity contribution is -0.130. The van der Waals surface area contributed by atoms with Gasteiger partial charge in [-0.1, -0.05) is 47.5 Å². The summed E-state index contributed by atoms with van der Waals surface area (Å²) in [5, 5.41) is 3.38. The Bertz CT molecular complexity index is 830. The second-order valence-electron chi connectivity index (χ2n) is 5.34. The average Bonchev–Trinajstić information content (AvgIpc) is 2.66. The van der Waals surface area contributed by atoms with Crippen LogP contribution >= 0.6 is 23.2 Å². The molecule has 0 aliphatic heterocycles. The molecule has 2 aromatic rings. The van der Waals surface area contributed by atoms with E-state index in [0.717, 1.165) is 0 Å². The third kappa shape index (κ3) is 7.16. The van der Waals surface area contributed by atoms with E-state index in [1.165, 1.54) is 0 Å². The minimum absolute atomic E-state index is 0.0664. The van der Waals surface area contributed by atoms with Gasteiger partial charge in [-0.05, 0) is 24.3 Å². The monoisotopic (exact) mass is 409 g/mol. The molecule has 0 aromatic heterocycles. The van der Waals surface area contributed by atoms with Crippen molar-refractivity contribution in [1.82, 2.24) is 10.9 Å². The number of para-hydroxylation sites is 2. The Morgan fingerprint density at radius 2 is 1.37 bits per heavy atom. The predicted molar refractivity (Wildman–Crippen MR) is 103 cm³/mol.